The molecule has 106 valence electrons. The Labute approximate surface area is 112 Å². The first-order valence-electron chi connectivity index (χ1n) is 7.65. The van der Waals surface area contributed by atoms with Crippen LogP contribution in [-0.2, 0) is 4.79 Å². The summed E-state index contributed by atoms with van der Waals surface area (Å²) in [6.45, 7) is 5.03. The van der Waals surface area contributed by atoms with Gasteiger partial charge in [-0.2, -0.15) is 0 Å². The molecule has 0 spiro atoms. The van der Waals surface area contributed by atoms with Gasteiger partial charge in [0, 0.05) is 12.5 Å². The molecule has 1 unspecified atom stereocenters. The van der Waals surface area contributed by atoms with E-state index in [1.54, 1.807) is 0 Å². The van der Waals surface area contributed by atoms with Gasteiger partial charge in [0.15, 0.2) is 0 Å². The van der Waals surface area contributed by atoms with Gasteiger partial charge in [0.2, 0.25) is 5.91 Å². The van der Waals surface area contributed by atoms with Crippen molar-refractivity contribution in [2.24, 2.45) is 17.6 Å². The molecule has 0 heterocycles. The Hall–Kier alpha value is -0.570. The van der Waals surface area contributed by atoms with Crippen molar-refractivity contribution in [3.8, 4) is 0 Å². The number of nitrogens with one attached hydrogen (secondary N) is 1. The smallest absolute Gasteiger partial charge is 0.220 e. The summed E-state index contributed by atoms with van der Waals surface area (Å²) in [4.78, 5) is 11.8. The van der Waals surface area contributed by atoms with Crippen LogP contribution in [0.3, 0.4) is 0 Å². The van der Waals surface area contributed by atoms with Crippen molar-refractivity contribution < 1.29 is 4.79 Å². The third kappa shape index (κ3) is 5.85. The van der Waals surface area contributed by atoms with E-state index in [0.29, 0.717) is 24.9 Å². The fourth-order valence-corrected chi connectivity index (χ4v) is 2.80. The summed E-state index contributed by atoms with van der Waals surface area (Å²) in [5.74, 6) is 1.57. The molecule has 3 heteroatoms. The molecule has 0 aliphatic heterocycles. The predicted octanol–water partition coefficient (Wildman–Crippen LogP) is 2.84. The van der Waals surface area contributed by atoms with Crippen molar-refractivity contribution in [1.29, 1.82) is 0 Å². The quantitative estimate of drug-likeness (QED) is 0.734. The van der Waals surface area contributed by atoms with Crippen LogP contribution in [0.4, 0.5) is 0 Å². The number of carbonyl (C=O) groups is 1. The first-order chi connectivity index (χ1) is 8.65. The molecule has 0 bridgehead atoms. The Morgan fingerprint density at radius 1 is 1.33 bits per heavy atom. The Morgan fingerprint density at radius 3 is 2.56 bits per heavy atom. The monoisotopic (exact) mass is 254 g/mol. The van der Waals surface area contributed by atoms with Crippen molar-refractivity contribution >= 4 is 5.91 Å². The first kappa shape index (κ1) is 15.5. The zero-order valence-corrected chi connectivity index (χ0v) is 12.1. The van der Waals surface area contributed by atoms with Gasteiger partial charge < -0.3 is 11.1 Å². The number of hydrogen-bond acceptors (Lipinski definition) is 2. The summed E-state index contributed by atoms with van der Waals surface area (Å²) in [5.41, 5.74) is 5.55. The molecule has 0 radical (unpaired) electrons. The molecule has 3 nitrogen and oxygen atoms in total. The van der Waals surface area contributed by atoms with Crippen LogP contribution in [0.15, 0.2) is 0 Å². The molecule has 0 aromatic rings. The maximum atomic E-state index is 11.8. The van der Waals surface area contributed by atoms with E-state index in [9.17, 15) is 4.79 Å². The van der Waals surface area contributed by atoms with Gasteiger partial charge in [-0.15, -0.1) is 0 Å². The Kier molecular flexibility index (Phi) is 7.33. The molecule has 1 saturated carbocycles. The number of amides is 1. The topological polar surface area (TPSA) is 55.1 Å². The standard InChI is InChI=1S/C15H30N2O/c1-3-4-13-6-8-14(9-7-13)17-15(18)10-5-12(2)11-16/h12-14H,3-11,16H2,1-2H3,(H,17,18). The highest BCUT2D eigenvalue weighted by atomic mass is 16.1. The van der Waals surface area contributed by atoms with Crippen LogP contribution in [-0.4, -0.2) is 18.5 Å². The lowest BCUT2D eigenvalue weighted by atomic mass is 9.83. The maximum absolute atomic E-state index is 11.8. The normalized spacial score (nSPS) is 25.7. The van der Waals surface area contributed by atoms with E-state index in [1.807, 2.05) is 0 Å². The molecular formula is C15H30N2O. The molecule has 1 aliphatic carbocycles. The molecule has 0 aromatic carbocycles. The lowest BCUT2D eigenvalue weighted by Gasteiger charge is -2.29. The average Bonchev–Trinajstić information content (AvgIpc) is 2.38. The first-order valence-corrected chi connectivity index (χ1v) is 7.65. The van der Waals surface area contributed by atoms with Crippen molar-refractivity contribution in [3.05, 3.63) is 0 Å². The SMILES string of the molecule is CCCC1CCC(NC(=O)CCC(C)CN)CC1. The maximum Gasteiger partial charge on any atom is 0.220 e. The van der Waals surface area contributed by atoms with Gasteiger partial charge in [-0.1, -0.05) is 26.7 Å². The third-order valence-electron chi connectivity index (χ3n) is 4.18. The molecule has 3 N–H and O–H groups in total. The van der Waals surface area contributed by atoms with E-state index in [4.69, 9.17) is 5.73 Å². The van der Waals surface area contributed by atoms with Crippen LogP contribution in [0, 0.1) is 11.8 Å². The van der Waals surface area contributed by atoms with Gasteiger partial charge in [0.05, 0.1) is 0 Å². The summed E-state index contributed by atoms with van der Waals surface area (Å²) >= 11 is 0. The number of hydrogen-bond donors (Lipinski definition) is 2. The van der Waals surface area contributed by atoms with Gasteiger partial charge >= 0.3 is 0 Å². The highest BCUT2D eigenvalue weighted by molar-refractivity contribution is 5.76. The summed E-state index contributed by atoms with van der Waals surface area (Å²) in [6.07, 6.45) is 9.11. The molecule has 1 aliphatic rings. The zero-order valence-electron chi connectivity index (χ0n) is 12.1. The number of rotatable bonds is 7. The van der Waals surface area contributed by atoms with Crippen LogP contribution < -0.4 is 11.1 Å². The summed E-state index contributed by atoms with van der Waals surface area (Å²) in [7, 11) is 0. The molecule has 1 fully saturated rings. The molecule has 1 atom stereocenters. The van der Waals surface area contributed by atoms with Gasteiger partial charge in [-0.05, 0) is 50.5 Å². The Balaban J connectivity index is 2.14. The van der Waals surface area contributed by atoms with Crippen molar-refractivity contribution in [3.63, 3.8) is 0 Å². The largest absolute Gasteiger partial charge is 0.353 e. The second kappa shape index (κ2) is 8.52. The summed E-state index contributed by atoms with van der Waals surface area (Å²) < 4.78 is 0. The van der Waals surface area contributed by atoms with Crippen molar-refractivity contribution in [2.75, 3.05) is 6.54 Å². The molecule has 1 rings (SSSR count). The Morgan fingerprint density at radius 2 is 2.00 bits per heavy atom. The van der Waals surface area contributed by atoms with E-state index in [1.165, 1.54) is 38.5 Å². The highest BCUT2D eigenvalue weighted by Crippen LogP contribution is 2.27. The number of nitrogens with two attached hydrogens (primary N) is 1. The minimum Gasteiger partial charge on any atom is -0.353 e. The highest BCUT2D eigenvalue weighted by Gasteiger charge is 2.21. The van der Waals surface area contributed by atoms with E-state index in [0.717, 1.165) is 12.3 Å². The van der Waals surface area contributed by atoms with Gasteiger partial charge in [0.25, 0.3) is 0 Å². The lowest BCUT2D eigenvalue weighted by molar-refractivity contribution is -0.122. The van der Waals surface area contributed by atoms with Crippen molar-refractivity contribution in [1.82, 2.24) is 5.32 Å². The fraction of sp³-hybridized carbons (Fsp3) is 0.933. The van der Waals surface area contributed by atoms with Gasteiger partial charge in [-0.3, -0.25) is 4.79 Å². The van der Waals surface area contributed by atoms with Crippen LogP contribution in [0.2, 0.25) is 0 Å². The molecule has 18 heavy (non-hydrogen) atoms. The van der Waals surface area contributed by atoms with E-state index in [-0.39, 0.29) is 5.91 Å². The van der Waals surface area contributed by atoms with E-state index >= 15 is 0 Å². The van der Waals surface area contributed by atoms with Crippen molar-refractivity contribution in [2.45, 2.75) is 71.3 Å². The zero-order chi connectivity index (χ0) is 13.4. The summed E-state index contributed by atoms with van der Waals surface area (Å²) in [5, 5.41) is 3.18. The molecule has 0 aromatic heterocycles. The Bertz CT molecular complexity index is 235. The summed E-state index contributed by atoms with van der Waals surface area (Å²) in [6, 6.07) is 0.429. The fourth-order valence-electron chi connectivity index (χ4n) is 2.80. The van der Waals surface area contributed by atoms with Gasteiger partial charge in [-0.25, -0.2) is 0 Å². The lowest BCUT2D eigenvalue weighted by Crippen LogP contribution is -2.37. The third-order valence-corrected chi connectivity index (χ3v) is 4.18. The average molecular weight is 254 g/mol. The number of carbonyl (C=O) groups excluding carboxylic acids is 1. The van der Waals surface area contributed by atoms with E-state index in [2.05, 4.69) is 19.2 Å². The van der Waals surface area contributed by atoms with Crippen LogP contribution in [0.1, 0.15) is 65.2 Å². The van der Waals surface area contributed by atoms with Crippen LogP contribution in [0.5, 0.6) is 0 Å². The second-order valence-electron chi connectivity index (χ2n) is 5.95. The van der Waals surface area contributed by atoms with Crippen LogP contribution >= 0.6 is 0 Å². The van der Waals surface area contributed by atoms with E-state index < -0.39 is 0 Å². The molecule has 1 amide bonds. The predicted molar refractivity (Wildman–Crippen MR) is 76.2 cm³/mol. The van der Waals surface area contributed by atoms with Crippen LogP contribution in [0.25, 0.3) is 0 Å². The minimum absolute atomic E-state index is 0.217. The molecule has 0 saturated heterocycles. The second-order valence-corrected chi connectivity index (χ2v) is 5.95. The van der Waals surface area contributed by atoms with Gasteiger partial charge in [0.1, 0.15) is 0 Å². The minimum atomic E-state index is 0.217. The molecular weight excluding hydrogens is 224 g/mol.